The summed E-state index contributed by atoms with van der Waals surface area (Å²) >= 11 is 0. The topological polar surface area (TPSA) is 53.3 Å². The molecule has 4 heteroatoms. The molecule has 72 valence electrons. The van der Waals surface area contributed by atoms with Gasteiger partial charge in [0.05, 0.1) is 25.7 Å². The predicted octanol–water partition coefficient (Wildman–Crippen LogP) is 0.539. The smallest absolute Gasteiger partial charge is 0.224 e. The van der Waals surface area contributed by atoms with Crippen LogP contribution < -0.4 is 0 Å². The molecule has 1 fully saturated rings. The fraction of sp³-hybridized carbons (Fsp3) is 0.778. The zero-order valence-electron chi connectivity index (χ0n) is 7.66. The Kier molecular flexibility index (Phi) is 4.27. The number of unbranched alkanes of at least 4 members (excludes halogenated alkanes) is 1. The van der Waals surface area contributed by atoms with E-state index in [4.69, 9.17) is 10.00 Å². The first-order valence-corrected chi connectivity index (χ1v) is 4.57. The molecule has 1 heterocycles. The molecule has 0 N–H and O–H groups in total. The normalized spacial score (nSPS) is 18.1. The highest BCUT2D eigenvalue weighted by atomic mass is 16.5. The Morgan fingerprint density at radius 1 is 1.54 bits per heavy atom. The van der Waals surface area contributed by atoms with Gasteiger partial charge in [-0.15, -0.1) is 0 Å². The van der Waals surface area contributed by atoms with Gasteiger partial charge in [-0.3, -0.25) is 4.79 Å². The lowest BCUT2D eigenvalue weighted by Crippen LogP contribution is -2.32. The standard InChI is InChI=1S/C9H14N2O2/c10-4-1-2-5-11-6-8-13-7-3-9(11)12/h1-3,5-8H2. The third-order valence-corrected chi connectivity index (χ3v) is 2.04. The van der Waals surface area contributed by atoms with Crippen molar-refractivity contribution in [1.82, 2.24) is 4.90 Å². The number of ether oxygens (including phenoxy) is 1. The van der Waals surface area contributed by atoms with E-state index in [0.717, 1.165) is 6.42 Å². The van der Waals surface area contributed by atoms with Gasteiger partial charge in [0.2, 0.25) is 5.91 Å². The van der Waals surface area contributed by atoms with Gasteiger partial charge in [-0.25, -0.2) is 0 Å². The van der Waals surface area contributed by atoms with Crippen LogP contribution in [0, 0.1) is 11.3 Å². The molecule has 1 aliphatic rings. The van der Waals surface area contributed by atoms with Crippen LogP contribution in [0.4, 0.5) is 0 Å². The highest BCUT2D eigenvalue weighted by Gasteiger charge is 2.15. The Morgan fingerprint density at radius 2 is 2.38 bits per heavy atom. The molecule has 0 aliphatic carbocycles. The number of hydrogen-bond acceptors (Lipinski definition) is 3. The molecule has 0 saturated carbocycles. The summed E-state index contributed by atoms with van der Waals surface area (Å²) in [6, 6.07) is 2.07. The number of amides is 1. The van der Waals surface area contributed by atoms with E-state index in [1.165, 1.54) is 0 Å². The second-order valence-electron chi connectivity index (χ2n) is 3.00. The molecule has 1 saturated heterocycles. The van der Waals surface area contributed by atoms with Gasteiger partial charge in [0.25, 0.3) is 0 Å². The summed E-state index contributed by atoms with van der Waals surface area (Å²) in [7, 11) is 0. The van der Waals surface area contributed by atoms with Crippen molar-refractivity contribution in [3.8, 4) is 6.07 Å². The Balaban J connectivity index is 2.29. The molecule has 0 atom stereocenters. The van der Waals surface area contributed by atoms with Gasteiger partial charge >= 0.3 is 0 Å². The Bertz CT molecular complexity index is 210. The average Bonchev–Trinajstić information content (AvgIpc) is 2.32. The second kappa shape index (κ2) is 5.55. The van der Waals surface area contributed by atoms with E-state index in [1.54, 1.807) is 4.90 Å². The number of nitriles is 1. The monoisotopic (exact) mass is 182 g/mol. The van der Waals surface area contributed by atoms with Crippen LogP contribution in [0.5, 0.6) is 0 Å². The number of hydrogen-bond donors (Lipinski definition) is 0. The molecule has 0 spiro atoms. The van der Waals surface area contributed by atoms with Crippen molar-refractivity contribution in [1.29, 1.82) is 5.26 Å². The lowest BCUT2D eigenvalue weighted by molar-refractivity contribution is -0.130. The molecule has 0 unspecified atom stereocenters. The quantitative estimate of drug-likeness (QED) is 0.598. The minimum atomic E-state index is 0.149. The number of rotatable bonds is 3. The van der Waals surface area contributed by atoms with E-state index in [9.17, 15) is 4.79 Å². The van der Waals surface area contributed by atoms with Gasteiger partial charge < -0.3 is 9.64 Å². The number of carbonyl (C=O) groups excluding carboxylic acids is 1. The van der Waals surface area contributed by atoms with Crippen LogP contribution in [-0.2, 0) is 9.53 Å². The predicted molar refractivity (Wildman–Crippen MR) is 46.9 cm³/mol. The van der Waals surface area contributed by atoms with Gasteiger partial charge in [-0.2, -0.15) is 5.26 Å². The minimum absolute atomic E-state index is 0.149. The van der Waals surface area contributed by atoms with Gasteiger partial charge in [-0.1, -0.05) is 0 Å². The van der Waals surface area contributed by atoms with Gasteiger partial charge in [0.15, 0.2) is 0 Å². The first-order valence-electron chi connectivity index (χ1n) is 4.57. The van der Waals surface area contributed by atoms with Crippen LogP contribution in [0.1, 0.15) is 19.3 Å². The van der Waals surface area contributed by atoms with Crippen LogP contribution in [0.2, 0.25) is 0 Å². The fourth-order valence-corrected chi connectivity index (χ4v) is 1.30. The molecule has 0 aromatic heterocycles. The minimum Gasteiger partial charge on any atom is -0.379 e. The molecule has 1 amide bonds. The maximum Gasteiger partial charge on any atom is 0.224 e. The van der Waals surface area contributed by atoms with Crippen molar-refractivity contribution < 1.29 is 9.53 Å². The summed E-state index contributed by atoms with van der Waals surface area (Å²) in [6.45, 7) is 2.52. The van der Waals surface area contributed by atoms with E-state index in [0.29, 0.717) is 39.1 Å². The number of carbonyl (C=O) groups is 1. The SMILES string of the molecule is N#CCCCN1CCOCCC1=O. The molecule has 1 rings (SSSR count). The van der Waals surface area contributed by atoms with Crippen LogP contribution in [0.15, 0.2) is 0 Å². The molecule has 13 heavy (non-hydrogen) atoms. The van der Waals surface area contributed by atoms with Crippen LogP contribution in [0.25, 0.3) is 0 Å². The van der Waals surface area contributed by atoms with E-state index in [2.05, 4.69) is 6.07 Å². The summed E-state index contributed by atoms with van der Waals surface area (Å²) in [5.74, 6) is 0.149. The highest BCUT2D eigenvalue weighted by Crippen LogP contribution is 2.02. The summed E-state index contributed by atoms with van der Waals surface area (Å²) in [5.41, 5.74) is 0. The van der Waals surface area contributed by atoms with Crippen molar-refractivity contribution >= 4 is 5.91 Å². The van der Waals surface area contributed by atoms with Crippen molar-refractivity contribution in [2.75, 3.05) is 26.3 Å². The highest BCUT2D eigenvalue weighted by molar-refractivity contribution is 5.76. The first kappa shape index (κ1) is 10.0. The van der Waals surface area contributed by atoms with E-state index in [-0.39, 0.29) is 5.91 Å². The largest absolute Gasteiger partial charge is 0.379 e. The zero-order chi connectivity index (χ0) is 9.52. The van der Waals surface area contributed by atoms with E-state index >= 15 is 0 Å². The summed E-state index contributed by atoms with van der Waals surface area (Å²) < 4.78 is 5.17. The lowest BCUT2D eigenvalue weighted by atomic mass is 10.3. The molecule has 0 aromatic carbocycles. The summed E-state index contributed by atoms with van der Waals surface area (Å²) in [5, 5.41) is 8.34. The van der Waals surface area contributed by atoms with Crippen molar-refractivity contribution in [2.45, 2.75) is 19.3 Å². The van der Waals surface area contributed by atoms with Crippen LogP contribution in [0.3, 0.4) is 0 Å². The third-order valence-electron chi connectivity index (χ3n) is 2.04. The molecule has 0 aromatic rings. The molecule has 4 nitrogen and oxygen atoms in total. The first-order chi connectivity index (χ1) is 6.34. The zero-order valence-corrected chi connectivity index (χ0v) is 7.66. The number of nitrogens with zero attached hydrogens (tertiary/aromatic N) is 2. The van der Waals surface area contributed by atoms with Gasteiger partial charge in [0, 0.05) is 19.5 Å². The Morgan fingerprint density at radius 3 is 3.15 bits per heavy atom. The molecule has 0 radical (unpaired) electrons. The second-order valence-corrected chi connectivity index (χ2v) is 3.00. The van der Waals surface area contributed by atoms with Gasteiger partial charge in [0.1, 0.15) is 0 Å². The van der Waals surface area contributed by atoms with Crippen LogP contribution >= 0.6 is 0 Å². The maximum atomic E-state index is 11.4. The average molecular weight is 182 g/mol. The fourth-order valence-electron chi connectivity index (χ4n) is 1.30. The van der Waals surface area contributed by atoms with E-state index < -0.39 is 0 Å². The molecule has 1 aliphatic heterocycles. The lowest BCUT2D eigenvalue weighted by Gasteiger charge is -2.18. The Hall–Kier alpha value is -1.08. The molecule has 0 bridgehead atoms. The summed E-state index contributed by atoms with van der Waals surface area (Å²) in [4.78, 5) is 13.2. The maximum absolute atomic E-state index is 11.4. The van der Waals surface area contributed by atoms with Crippen molar-refractivity contribution in [2.24, 2.45) is 0 Å². The van der Waals surface area contributed by atoms with Crippen molar-refractivity contribution in [3.63, 3.8) is 0 Å². The molecular formula is C9H14N2O2. The molecular weight excluding hydrogens is 168 g/mol. The Labute approximate surface area is 78.1 Å². The van der Waals surface area contributed by atoms with E-state index in [1.807, 2.05) is 0 Å². The van der Waals surface area contributed by atoms with Crippen molar-refractivity contribution in [3.05, 3.63) is 0 Å². The van der Waals surface area contributed by atoms with Crippen LogP contribution in [-0.4, -0.2) is 37.1 Å². The third kappa shape index (κ3) is 3.43. The summed E-state index contributed by atoms with van der Waals surface area (Å²) in [6.07, 6.45) is 1.76. The van der Waals surface area contributed by atoms with Gasteiger partial charge in [-0.05, 0) is 6.42 Å².